The van der Waals surface area contributed by atoms with Gasteiger partial charge in [0.05, 0.1) is 33.6 Å². The molecule has 274 valence electrons. The van der Waals surface area contributed by atoms with Crippen LogP contribution in [0.15, 0.2) is 60.7 Å². The Morgan fingerprint density at radius 2 is 1.06 bits per heavy atom. The molecule has 2 fully saturated rings. The molecular weight excluding hydrogens is 699 g/mol. The Hall–Kier alpha value is -4.22. The van der Waals surface area contributed by atoms with E-state index in [4.69, 9.17) is 42.6 Å². The van der Waals surface area contributed by atoms with Crippen LogP contribution in [0, 0.1) is 0 Å². The van der Waals surface area contributed by atoms with Crippen LogP contribution in [0.2, 0.25) is 10.0 Å². The van der Waals surface area contributed by atoms with Crippen molar-refractivity contribution in [3.8, 4) is 45.4 Å². The molecule has 0 radical (unpaired) electrons. The second kappa shape index (κ2) is 17.1. The molecule has 2 aromatic heterocycles. The molecule has 2 atom stereocenters. The number of rotatable bonds is 15. The zero-order valence-electron chi connectivity index (χ0n) is 30.0. The first-order chi connectivity index (χ1) is 25.0. The lowest BCUT2D eigenvalue weighted by molar-refractivity contribution is -0.120. The van der Waals surface area contributed by atoms with E-state index >= 15 is 0 Å². The number of hydrogen-bond donors (Lipinski definition) is 4. The molecule has 2 aliphatic heterocycles. The number of ether oxygens (including phenoxy) is 2. The second-order valence-corrected chi connectivity index (χ2v) is 14.6. The summed E-state index contributed by atoms with van der Waals surface area (Å²) in [5.41, 5.74) is 6.23. The minimum absolute atomic E-state index is 0.0782. The van der Waals surface area contributed by atoms with E-state index in [2.05, 4.69) is 21.3 Å². The number of carbonyl (C=O) groups is 2. The van der Waals surface area contributed by atoms with Gasteiger partial charge >= 0.3 is 0 Å². The first-order valence-electron chi connectivity index (χ1n) is 18.0. The Labute approximate surface area is 315 Å². The van der Waals surface area contributed by atoms with Crippen molar-refractivity contribution in [2.24, 2.45) is 0 Å². The largest absolute Gasteiger partial charge is 0.475 e. The van der Waals surface area contributed by atoms with Gasteiger partial charge < -0.3 is 30.7 Å². The van der Waals surface area contributed by atoms with Gasteiger partial charge in [-0.25, -0.2) is 9.97 Å². The summed E-state index contributed by atoms with van der Waals surface area (Å²) < 4.78 is 12.3. The van der Waals surface area contributed by atoms with Crippen LogP contribution >= 0.6 is 23.2 Å². The molecule has 0 spiro atoms. The number of amides is 2. The molecule has 12 heteroatoms. The van der Waals surface area contributed by atoms with Gasteiger partial charge in [0, 0.05) is 84.5 Å². The molecule has 2 aromatic carbocycles. The van der Waals surface area contributed by atoms with Crippen LogP contribution in [0.4, 0.5) is 0 Å². The average Bonchev–Trinajstić information content (AvgIpc) is 3.72. The number of benzene rings is 2. The summed E-state index contributed by atoms with van der Waals surface area (Å²) in [5, 5.41) is 13.9. The van der Waals surface area contributed by atoms with E-state index in [0.29, 0.717) is 72.2 Å². The molecule has 0 aliphatic carbocycles. The third kappa shape index (κ3) is 9.22. The highest BCUT2D eigenvalue weighted by Gasteiger charge is 2.23. The van der Waals surface area contributed by atoms with Gasteiger partial charge in [0.25, 0.3) is 0 Å². The molecule has 2 amide bonds. The van der Waals surface area contributed by atoms with Crippen molar-refractivity contribution in [1.29, 1.82) is 0 Å². The molecule has 2 aliphatic rings. The SMILES string of the molecule is CC(C)Oc1nc(-c2cccc(-c3cccc(-c4ccc(CNC[C@@H]5CCC(=O)N5)c(OC(C)C)n4)c3Cl)c2Cl)ccc1CNC[C@@H]1CCC(=O)N1. The fraction of sp³-hybridized carbons (Fsp3) is 0.400. The van der Waals surface area contributed by atoms with Crippen molar-refractivity contribution in [1.82, 2.24) is 31.2 Å². The molecule has 4 N–H and O–H groups in total. The maximum absolute atomic E-state index is 11.6. The highest BCUT2D eigenvalue weighted by atomic mass is 35.5. The third-order valence-electron chi connectivity index (χ3n) is 8.99. The summed E-state index contributed by atoms with van der Waals surface area (Å²) in [5.74, 6) is 1.27. The van der Waals surface area contributed by atoms with E-state index in [1.807, 2.05) is 88.4 Å². The minimum Gasteiger partial charge on any atom is -0.475 e. The van der Waals surface area contributed by atoms with Gasteiger partial charge in [-0.15, -0.1) is 0 Å². The lowest BCUT2D eigenvalue weighted by Crippen LogP contribution is -2.35. The van der Waals surface area contributed by atoms with E-state index in [9.17, 15) is 9.59 Å². The highest BCUT2D eigenvalue weighted by Crippen LogP contribution is 2.42. The maximum atomic E-state index is 11.6. The predicted octanol–water partition coefficient (Wildman–Crippen LogP) is 7.10. The van der Waals surface area contributed by atoms with Gasteiger partial charge in [0.15, 0.2) is 0 Å². The molecule has 0 bridgehead atoms. The Balaban J connectivity index is 1.24. The molecule has 52 heavy (non-hydrogen) atoms. The van der Waals surface area contributed by atoms with Gasteiger partial charge in [-0.2, -0.15) is 0 Å². The minimum atomic E-state index is -0.0782. The topological polar surface area (TPSA) is 126 Å². The maximum Gasteiger partial charge on any atom is 0.220 e. The molecule has 10 nitrogen and oxygen atoms in total. The van der Waals surface area contributed by atoms with Gasteiger partial charge in [-0.05, 0) is 52.7 Å². The van der Waals surface area contributed by atoms with E-state index in [0.717, 1.165) is 46.2 Å². The summed E-state index contributed by atoms with van der Waals surface area (Å²) in [4.78, 5) is 33.0. The highest BCUT2D eigenvalue weighted by molar-refractivity contribution is 6.39. The Morgan fingerprint density at radius 3 is 1.42 bits per heavy atom. The van der Waals surface area contributed by atoms with Gasteiger partial charge in [-0.3, -0.25) is 9.59 Å². The number of carbonyl (C=O) groups excluding carboxylic acids is 2. The van der Waals surface area contributed by atoms with Crippen molar-refractivity contribution in [3.63, 3.8) is 0 Å². The molecular formula is C40H46Cl2N6O4. The van der Waals surface area contributed by atoms with Crippen LogP contribution in [0.1, 0.15) is 64.5 Å². The van der Waals surface area contributed by atoms with E-state index in [-0.39, 0.29) is 36.1 Å². The summed E-state index contributed by atoms with van der Waals surface area (Å²) in [6.45, 7) is 10.3. The van der Waals surface area contributed by atoms with Crippen molar-refractivity contribution in [3.05, 3.63) is 81.8 Å². The molecule has 0 unspecified atom stereocenters. The van der Waals surface area contributed by atoms with Crippen LogP contribution in [0.3, 0.4) is 0 Å². The first-order valence-corrected chi connectivity index (χ1v) is 18.7. The summed E-state index contributed by atoms with van der Waals surface area (Å²) in [6, 6.07) is 19.8. The lowest BCUT2D eigenvalue weighted by Gasteiger charge is -2.18. The van der Waals surface area contributed by atoms with Crippen molar-refractivity contribution >= 4 is 35.0 Å². The van der Waals surface area contributed by atoms with E-state index in [1.54, 1.807) is 0 Å². The Bertz CT molecular complexity index is 1780. The van der Waals surface area contributed by atoms with Crippen molar-refractivity contribution in [2.75, 3.05) is 13.1 Å². The average molecular weight is 746 g/mol. The number of aromatic nitrogens is 2. The van der Waals surface area contributed by atoms with E-state index in [1.165, 1.54) is 0 Å². The predicted molar refractivity (Wildman–Crippen MR) is 206 cm³/mol. The van der Waals surface area contributed by atoms with Crippen molar-refractivity contribution in [2.45, 2.75) is 90.8 Å². The standard InChI is InChI=1S/C40H46Cl2N6O4/c1-23(2)51-39-25(19-43-21-27-13-17-35(49)45-27)11-15-33(47-39)31-9-5-7-29(37(31)41)30-8-6-10-32(38(30)42)34-16-12-26(40(48-34)52-24(3)4)20-44-22-28-14-18-36(50)46-28/h5-12,15-16,23-24,27-28,43-44H,13-14,17-22H2,1-4H3,(H,45,49)(H,46,50)/t27-,28-/m0/s1. The quantitative estimate of drug-likeness (QED) is 0.102. The molecule has 6 rings (SSSR count). The molecule has 0 saturated carbocycles. The number of pyridine rings is 2. The van der Waals surface area contributed by atoms with Gasteiger partial charge in [-0.1, -0.05) is 71.7 Å². The van der Waals surface area contributed by atoms with Crippen LogP contribution < -0.4 is 30.7 Å². The third-order valence-corrected chi connectivity index (χ3v) is 9.81. The second-order valence-electron chi connectivity index (χ2n) is 13.9. The number of hydrogen-bond acceptors (Lipinski definition) is 8. The summed E-state index contributed by atoms with van der Waals surface area (Å²) in [7, 11) is 0. The van der Waals surface area contributed by atoms with Crippen LogP contribution in [-0.2, 0) is 22.7 Å². The Morgan fingerprint density at radius 1 is 0.654 bits per heavy atom. The normalized spacial score (nSPS) is 17.2. The summed E-state index contributed by atoms with van der Waals surface area (Å²) in [6.07, 6.45) is 2.65. The lowest BCUT2D eigenvalue weighted by atomic mass is 9.98. The van der Waals surface area contributed by atoms with Crippen molar-refractivity contribution < 1.29 is 19.1 Å². The fourth-order valence-corrected chi connectivity index (χ4v) is 7.11. The fourth-order valence-electron chi connectivity index (χ4n) is 6.46. The molecule has 4 heterocycles. The molecule has 2 saturated heterocycles. The number of halogens is 2. The van der Waals surface area contributed by atoms with Crippen LogP contribution in [-0.4, -0.2) is 59.2 Å². The monoisotopic (exact) mass is 744 g/mol. The van der Waals surface area contributed by atoms with Gasteiger partial charge in [0.1, 0.15) is 0 Å². The van der Waals surface area contributed by atoms with Crippen LogP contribution in [0.25, 0.3) is 33.6 Å². The zero-order valence-corrected chi connectivity index (χ0v) is 31.5. The summed E-state index contributed by atoms with van der Waals surface area (Å²) >= 11 is 14.3. The van der Waals surface area contributed by atoms with E-state index < -0.39 is 0 Å². The smallest absolute Gasteiger partial charge is 0.220 e. The number of nitrogens with zero attached hydrogens (tertiary/aromatic N) is 2. The molecule has 4 aromatic rings. The zero-order chi connectivity index (χ0) is 36.8. The Kier molecular flexibility index (Phi) is 12.3. The first kappa shape index (κ1) is 37.5. The van der Waals surface area contributed by atoms with Gasteiger partial charge in [0.2, 0.25) is 23.6 Å². The van der Waals surface area contributed by atoms with Crippen LogP contribution in [0.5, 0.6) is 11.8 Å². The number of nitrogens with one attached hydrogen (secondary N) is 4.